The van der Waals surface area contributed by atoms with Crippen molar-refractivity contribution >= 4 is 21.9 Å². The van der Waals surface area contributed by atoms with Gasteiger partial charge in [0.25, 0.3) is 0 Å². The monoisotopic (exact) mass is 335 g/mol. The summed E-state index contributed by atoms with van der Waals surface area (Å²) >= 11 is 3.35. The van der Waals surface area contributed by atoms with Gasteiger partial charge in [0.1, 0.15) is 11.5 Å². The summed E-state index contributed by atoms with van der Waals surface area (Å²) in [6.07, 6.45) is 1.18. The van der Waals surface area contributed by atoms with Crippen LogP contribution in [0.15, 0.2) is 41.0 Å². The number of carbonyl (C=O) groups is 1. The van der Waals surface area contributed by atoms with Crippen LogP contribution in [0.25, 0.3) is 0 Å². The zero-order valence-corrected chi connectivity index (χ0v) is 11.8. The van der Waals surface area contributed by atoms with Gasteiger partial charge in [0.05, 0.1) is 4.47 Å². The number of aromatic nitrogens is 1. The number of carboxylic acids is 1. The predicted octanol–water partition coefficient (Wildman–Crippen LogP) is 3.02. The third-order valence-corrected chi connectivity index (χ3v) is 3.53. The minimum absolute atomic E-state index is 0.373. The van der Waals surface area contributed by atoms with Gasteiger partial charge in [0, 0.05) is 18.7 Å². The summed E-state index contributed by atoms with van der Waals surface area (Å²) in [4.78, 5) is 15.0. The van der Waals surface area contributed by atoms with Gasteiger partial charge in [-0.25, -0.2) is 9.78 Å². The van der Waals surface area contributed by atoms with Crippen molar-refractivity contribution in [2.24, 2.45) is 0 Å². The van der Waals surface area contributed by atoms with Gasteiger partial charge in [-0.05, 0) is 39.7 Å². The van der Waals surface area contributed by atoms with E-state index in [-0.39, 0.29) is 0 Å². The quantitative estimate of drug-likeness (QED) is 0.933. The van der Waals surface area contributed by atoms with E-state index in [0.29, 0.717) is 23.8 Å². The highest BCUT2D eigenvalue weighted by molar-refractivity contribution is 9.10. The average molecular weight is 336 g/mol. The summed E-state index contributed by atoms with van der Waals surface area (Å²) in [5.41, 5.74) is 0.866. The van der Waals surface area contributed by atoms with E-state index >= 15 is 0 Å². The summed E-state index contributed by atoms with van der Waals surface area (Å²) in [5.74, 6) is 0.576. The fourth-order valence-electron chi connectivity index (χ4n) is 1.97. The molecule has 0 aliphatic carbocycles. The number of aliphatic carboxylic acids is 1. The number of ether oxygens (including phenoxy) is 2. The lowest BCUT2D eigenvalue weighted by Crippen LogP contribution is -2.24. The molecule has 1 unspecified atom stereocenters. The maximum Gasteiger partial charge on any atom is 0.345 e. The molecule has 1 aliphatic rings. The standard InChI is InChI=1S/C14H10BrNO4/c15-10-2-1-5-16-13(10)19-9-4-3-8-6-12(14(17)18)20-11(8)7-9/h1-5,7,12H,6H2,(H,17,18). The molecule has 1 aromatic heterocycles. The highest BCUT2D eigenvalue weighted by Crippen LogP contribution is 2.35. The topological polar surface area (TPSA) is 68.7 Å². The van der Waals surface area contributed by atoms with Crippen molar-refractivity contribution in [3.05, 3.63) is 46.6 Å². The molecule has 2 aromatic rings. The Morgan fingerprint density at radius 1 is 1.45 bits per heavy atom. The third-order valence-electron chi connectivity index (χ3n) is 2.93. The minimum atomic E-state index is -0.962. The molecular formula is C14H10BrNO4. The van der Waals surface area contributed by atoms with E-state index in [1.54, 1.807) is 24.4 Å². The first-order valence-corrected chi connectivity index (χ1v) is 6.73. The molecule has 0 amide bonds. The molecule has 0 saturated heterocycles. The summed E-state index contributed by atoms with van der Waals surface area (Å²) < 4.78 is 11.8. The van der Waals surface area contributed by atoms with Crippen LogP contribution in [0.4, 0.5) is 0 Å². The van der Waals surface area contributed by atoms with Crippen LogP contribution in [0.5, 0.6) is 17.4 Å². The van der Waals surface area contributed by atoms with Crippen molar-refractivity contribution < 1.29 is 19.4 Å². The molecule has 1 N–H and O–H groups in total. The molecule has 2 heterocycles. The van der Waals surface area contributed by atoms with Crippen LogP contribution in [0.1, 0.15) is 5.56 Å². The first-order chi connectivity index (χ1) is 9.63. The predicted molar refractivity (Wildman–Crippen MR) is 74.2 cm³/mol. The van der Waals surface area contributed by atoms with Crippen LogP contribution in [-0.2, 0) is 11.2 Å². The molecule has 0 bridgehead atoms. The third kappa shape index (κ3) is 2.46. The molecule has 6 heteroatoms. The number of benzene rings is 1. The van der Waals surface area contributed by atoms with E-state index in [1.807, 2.05) is 12.1 Å². The number of hydrogen-bond donors (Lipinski definition) is 1. The number of halogens is 1. The average Bonchev–Trinajstić information content (AvgIpc) is 2.85. The Morgan fingerprint density at radius 2 is 2.30 bits per heavy atom. The number of pyridine rings is 1. The normalized spacial score (nSPS) is 16.4. The molecule has 5 nitrogen and oxygen atoms in total. The summed E-state index contributed by atoms with van der Waals surface area (Å²) in [6.45, 7) is 0. The number of carboxylic acid groups (broad SMARTS) is 1. The van der Waals surface area contributed by atoms with Crippen LogP contribution in [0.3, 0.4) is 0 Å². The Bertz CT molecular complexity index is 674. The van der Waals surface area contributed by atoms with Crippen molar-refractivity contribution in [3.8, 4) is 17.4 Å². The van der Waals surface area contributed by atoms with E-state index < -0.39 is 12.1 Å². The van der Waals surface area contributed by atoms with Crippen molar-refractivity contribution in [2.75, 3.05) is 0 Å². The van der Waals surface area contributed by atoms with Gasteiger partial charge < -0.3 is 14.6 Å². The maximum absolute atomic E-state index is 10.9. The number of rotatable bonds is 3. The molecule has 20 heavy (non-hydrogen) atoms. The number of nitrogens with zero attached hydrogens (tertiary/aromatic N) is 1. The van der Waals surface area contributed by atoms with Crippen molar-refractivity contribution in [1.82, 2.24) is 4.98 Å². The summed E-state index contributed by atoms with van der Waals surface area (Å²) in [7, 11) is 0. The highest BCUT2D eigenvalue weighted by Gasteiger charge is 2.29. The minimum Gasteiger partial charge on any atom is -0.478 e. The van der Waals surface area contributed by atoms with Crippen molar-refractivity contribution in [2.45, 2.75) is 12.5 Å². The van der Waals surface area contributed by atoms with Gasteiger partial charge in [0.15, 0.2) is 6.10 Å². The van der Waals surface area contributed by atoms with E-state index in [4.69, 9.17) is 14.6 Å². The van der Waals surface area contributed by atoms with Crippen molar-refractivity contribution in [1.29, 1.82) is 0 Å². The summed E-state index contributed by atoms with van der Waals surface area (Å²) in [6, 6.07) is 8.88. The zero-order valence-electron chi connectivity index (χ0n) is 10.2. The highest BCUT2D eigenvalue weighted by atomic mass is 79.9. The summed E-state index contributed by atoms with van der Waals surface area (Å²) in [5, 5.41) is 8.95. The Balaban J connectivity index is 1.83. The van der Waals surface area contributed by atoms with Crippen LogP contribution in [-0.4, -0.2) is 22.2 Å². The first-order valence-electron chi connectivity index (χ1n) is 5.94. The van der Waals surface area contributed by atoms with E-state index in [1.165, 1.54) is 0 Å². The second kappa shape index (κ2) is 5.13. The maximum atomic E-state index is 10.9. The smallest absolute Gasteiger partial charge is 0.345 e. The van der Waals surface area contributed by atoms with Crippen LogP contribution in [0, 0.1) is 0 Å². The van der Waals surface area contributed by atoms with E-state index in [9.17, 15) is 4.79 Å². The van der Waals surface area contributed by atoms with E-state index in [2.05, 4.69) is 20.9 Å². The molecular weight excluding hydrogens is 326 g/mol. The molecule has 0 fully saturated rings. The van der Waals surface area contributed by atoms with Crippen LogP contribution >= 0.6 is 15.9 Å². The lowest BCUT2D eigenvalue weighted by atomic mass is 10.1. The molecule has 0 radical (unpaired) electrons. The largest absolute Gasteiger partial charge is 0.478 e. The second-order valence-corrected chi connectivity index (χ2v) is 5.17. The molecule has 102 valence electrons. The van der Waals surface area contributed by atoms with Gasteiger partial charge in [-0.3, -0.25) is 0 Å². The molecule has 1 aliphatic heterocycles. The second-order valence-electron chi connectivity index (χ2n) is 4.31. The number of fused-ring (bicyclic) bond motifs is 1. The number of hydrogen-bond acceptors (Lipinski definition) is 4. The lowest BCUT2D eigenvalue weighted by molar-refractivity contribution is -0.144. The van der Waals surface area contributed by atoms with Gasteiger partial charge in [0.2, 0.25) is 5.88 Å². The Hall–Kier alpha value is -2.08. The molecule has 1 aromatic carbocycles. The molecule has 0 spiro atoms. The van der Waals surface area contributed by atoms with Crippen LogP contribution < -0.4 is 9.47 Å². The SMILES string of the molecule is O=C(O)C1Cc2ccc(Oc3ncccc3Br)cc2O1. The fraction of sp³-hybridized carbons (Fsp3) is 0.143. The van der Waals surface area contributed by atoms with Gasteiger partial charge >= 0.3 is 5.97 Å². The van der Waals surface area contributed by atoms with Crippen LogP contribution in [0.2, 0.25) is 0 Å². The zero-order chi connectivity index (χ0) is 14.1. The van der Waals surface area contributed by atoms with Gasteiger partial charge in [-0.15, -0.1) is 0 Å². The lowest BCUT2D eigenvalue weighted by Gasteiger charge is -2.08. The van der Waals surface area contributed by atoms with Crippen molar-refractivity contribution in [3.63, 3.8) is 0 Å². The molecule has 1 atom stereocenters. The first kappa shape index (κ1) is 12.9. The van der Waals surface area contributed by atoms with E-state index in [0.717, 1.165) is 10.0 Å². The Labute approximate surface area is 123 Å². The Kier molecular flexibility index (Phi) is 3.31. The fourth-order valence-corrected chi connectivity index (χ4v) is 2.30. The molecule has 3 rings (SSSR count). The van der Waals surface area contributed by atoms with Gasteiger partial charge in [-0.1, -0.05) is 6.07 Å². The molecule has 0 saturated carbocycles. The van der Waals surface area contributed by atoms with Gasteiger partial charge in [-0.2, -0.15) is 0 Å². The Morgan fingerprint density at radius 3 is 3.05 bits per heavy atom.